The average molecular weight is 354 g/mol. The van der Waals surface area contributed by atoms with Crippen LogP contribution in [0, 0.1) is 0 Å². The van der Waals surface area contributed by atoms with Crippen LogP contribution in [0.1, 0.15) is 12.5 Å². The highest BCUT2D eigenvalue weighted by molar-refractivity contribution is 7.99. The number of aromatic amines is 1. The number of H-pyrrole nitrogens is 1. The van der Waals surface area contributed by atoms with Gasteiger partial charge in [0, 0.05) is 0 Å². The van der Waals surface area contributed by atoms with E-state index < -0.39 is 0 Å². The lowest BCUT2D eigenvalue weighted by atomic mass is 10.2. The maximum Gasteiger partial charge on any atom is 0.250 e. The van der Waals surface area contributed by atoms with Crippen molar-refractivity contribution in [3.8, 4) is 5.75 Å². The number of hydrogen-bond donors (Lipinski definition) is 2. The van der Waals surface area contributed by atoms with Crippen LogP contribution < -0.4 is 10.2 Å². The summed E-state index contributed by atoms with van der Waals surface area (Å²) in [4.78, 5) is 19.5. The first-order chi connectivity index (χ1) is 12.2. The predicted octanol–water partition coefficient (Wildman–Crippen LogP) is 3.20. The first kappa shape index (κ1) is 17.0. The van der Waals surface area contributed by atoms with Gasteiger partial charge in [0.15, 0.2) is 5.16 Å². The van der Waals surface area contributed by atoms with Crippen LogP contribution in [0.25, 0.3) is 11.0 Å². The molecule has 2 N–H and O–H groups in total. The second kappa shape index (κ2) is 8.34. The van der Waals surface area contributed by atoms with Gasteiger partial charge < -0.3 is 9.72 Å². The van der Waals surface area contributed by atoms with E-state index in [0.717, 1.165) is 22.3 Å². The Morgan fingerprint density at radius 2 is 2.20 bits per heavy atom. The number of hydrogen-bond acceptors (Lipinski definition) is 5. The summed E-state index contributed by atoms with van der Waals surface area (Å²) in [5.41, 5.74) is 5.21. The third-order valence-electron chi connectivity index (χ3n) is 3.28. The van der Waals surface area contributed by atoms with Crippen LogP contribution in [0.2, 0.25) is 0 Å². The molecule has 0 fully saturated rings. The summed E-state index contributed by atoms with van der Waals surface area (Å²) in [5, 5.41) is 4.69. The largest absolute Gasteiger partial charge is 0.494 e. The highest BCUT2D eigenvalue weighted by Crippen LogP contribution is 2.18. The van der Waals surface area contributed by atoms with Crippen molar-refractivity contribution in [3.05, 3.63) is 54.1 Å². The van der Waals surface area contributed by atoms with Crippen molar-refractivity contribution in [1.82, 2.24) is 15.4 Å². The van der Waals surface area contributed by atoms with Crippen LogP contribution in [0.3, 0.4) is 0 Å². The van der Waals surface area contributed by atoms with E-state index in [1.54, 1.807) is 6.21 Å². The van der Waals surface area contributed by atoms with Gasteiger partial charge in [-0.25, -0.2) is 10.4 Å². The zero-order valence-corrected chi connectivity index (χ0v) is 14.5. The summed E-state index contributed by atoms with van der Waals surface area (Å²) >= 11 is 1.34. The molecule has 6 nitrogen and oxygen atoms in total. The normalized spacial score (nSPS) is 11.1. The van der Waals surface area contributed by atoms with Crippen LogP contribution in [0.15, 0.2) is 58.8 Å². The van der Waals surface area contributed by atoms with E-state index in [-0.39, 0.29) is 11.7 Å². The van der Waals surface area contributed by atoms with E-state index >= 15 is 0 Å². The Labute approximate surface area is 149 Å². The lowest BCUT2D eigenvalue weighted by Crippen LogP contribution is -2.19. The molecule has 0 unspecified atom stereocenters. The summed E-state index contributed by atoms with van der Waals surface area (Å²) in [6, 6.07) is 15.3. The predicted molar refractivity (Wildman–Crippen MR) is 100 cm³/mol. The fourth-order valence-electron chi connectivity index (χ4n) is 2.19. The van der Waals surface area contributed by atoms with Crippen molar-refractivity contribution >= 4 is 34.9 Å². The van der Waals surface area contributed by atoms with E-state index in [1.807, 2.05) is 55.5 Å². The molecule has 3 rings (SSSR count). The minimum atomic E-state index is -0.192. The van der Waals surface area contributed by atoms with Crippen LogP contribution >= 0.6 is 11.8 Å². The van der Waals surface area contributed by atoms with Gasteiger partial charge in [-0.1, -0.05) is 36.0 Å². The molecule has 0 saturated carbocycles. The number of hydrazone groups is 1. The van der Waals surface area contributed by atoms with Gasteiger partial charge in [0.05, 0.1) is 29.6 Å². The molecule has 1 heterocycles. The van der Waals surface area contributed by atoms with Crippen molar-refractivity contribution < 1.29 is 9.53 Å². The summed E-state index contributed by atoms with van der Waals surface area (Å²) in [6.07, 6.45) is 1.59. The number of carbonyl (C=O) groups excluding carboxylic acids is 1. The lowest BCUT2D eigenvalue weighted by Gasteiger charge is -2.03. The maximum absolute atomic E-state index is 11.9. The monoisotopic (exact) mass is 354 g/mol. The molecule has 0 spiro atoms. The summed E-state index contributed by atoms with van der Waals surface area (Å²) in [5.74, 6) is 0.816. The number of nitrogens with one attached hydrogen (secondary N) is 2. The lowest BCUT2D eigenvalue weighted by molar-refractivity contribution is -0.118. The average Bonchev–Trinajstić information content (AvgIpc) is 3.04. The fraction of sp³-hybridized carbons (Fsp3) is 0.167. The van der Waals surface area contributed by atoms with Gasteiger partial charge in [-0.15, -0.1) is 0 Å². The number of amides is 1. The topological polar surface area (TPSA) is 79.4 Å². The van der Waals surface area contributed by atoms with Gasteiger partial charge in [-0.2, -0.15) is 5.10 Å². The Morgan fingerprint density at radius 3 is 3.04 bits per heavy atom. The highest BCUT2D eigenvalue weighted by atomic mass is 32.2. The zero-order chi connectivity index (χ0) is 17.5. The molecule has 0 saturated heterocycles. The first-order valence-electron chi connectivity index (χ1n) is 7.87. The van der Waals surface area contributed by atoms with E-state index in [0.29, 0.717) is 11.8 Å². The summed E-state index contributed by atoms with van der Waals surface area (Å²) in [7, 11) is 0. The number of ether oxygens (including phenoxy) is 1. The number of nitrogens with zero attached hydrogens (tertiary/aromatic N) is 2. The molecule has 0 atom stereocenters. The Balaban J connectivity index is 1.50. The molecule has 0 aliphatic rings. The fourth-order valence-corrected chi connectivity index (χ4v) is 2.87. The standard InChI is InChI=1S/C18H18N4O2S/c1-2-24-14-7-5-6-13(10-14)11-19-22-17(23)12-25-18-20-15-8-3-4-9-16(15)21-18/h3-11H,2,12H2,1H3,(H,20,21)(H,22,23)/b19-11-. The van der Waals surface area contributed by atoms with Crippen LogP contribution in [-0.2, 0) is 4.79 Å². The van der Waals surface area contributed by atoms with E-state index in [2.05, 4.69) is 20.5 Å². The van der Waals surface area contributed by atoms with Gasteiger partial charge >= 0.3 is 0 Å². The molecule has 25 heavy (non-hydrogen) atoms. The molecule has 0 aliphatic heterocycles. The van der Waals surface area contributed by atoms with Crippen molar-refractivity contribution in [1.29, 1.82) is 0 Å². The molecule has 3 aromatic rings. The van der Waals surface area contributed by atoms with Crippen molar-refractivity contribution in [2.75, 3.05) is 12.4 Å². The van der Waals surface area contributed by atoms with E-state index in [1.165, 1.54) is 11.8 Å². The SMILES string of the molecule is CCOc1cccc(/C=N\NC(=O)CSc2nc3ccccc3[nH]2)c1. The second-order valence-electron chi connectivity index (χ2n) is 5.15. The number of fused-ring (bicyclic) bond motifs is 1. The van der Waals surface area contributed by atoms with Gasteiger partial charge in [0.25, 0.3) is 5.91 Å². The number of carbonyl (C=O) groups is 1. The molecule has 1 aromatic heterocycles. The molecule has 0 aliphatic carbocycles. The Bertz CT molecular complexity index is 858. The number of rotatable bonds is 7. The van der Waals surface area contributed by atoms with Gasteiger partial charge in [-0.3, -0.25) is 4.79 Å². The third-order valence-corrected chi connectivity index (χ3v) is 4.15. The van der Waals surface area contributed by atoms with E-state index in [9.17, 15) is 4.79 Å². The smallest absolute Gasteiger partial charge is 0.250 e. The minimum Gasteiger partial charge on any atom is -0.494 e. The van der Waals surface area contributed by atoms with Crippen molar-refractivity contribution in [3.63, 3.8) is 0 Å². The van der Waals surface area contributed by atoms with Crippen molar-refractivity contribution in [2.24, 2.45) is 5.10 Å². The number of thioether (sulfide) groups is 1. The molecule has 2 aromatic carbocycles. The molecule has 7 heteroatoms. The van der Waals surface area contributed by atoms with Gasteiger partial charge in [0.2, 0.25) is 0 Å². The number of para-hydroxylation sites is 2. The Morgan fingerprint density at radius 1 is 1.32 bits per heavy atom. The summed E-state index contributed by atoms with van der Waals surface area (Å²) < 4.78 is 5.42. The Kier molecular flexibility index (Phi) is 5.69. The van der Waals surface area contributed by atoms with Crippen LogP contribution in [0.4, 0.5) is 0 Å². The second-order valence-corrected chi connectivity index (χ2v) is 6.11. The molecule has 1 amide bonds. The van der Waals surface area contributed by atoms with Gasteiger partial charge in [0.1, 0.15) is 5.75 Å². The Hall–Kier alpha value is -2.80. The number of benzene rings is 2. The number of imidazole rings is 1. The zero-order valence-electron chi connectivity index (χ0n) is 13.7. The number of aromatic nitrogens is 2. The summed E-state index contributed by atoms with van der Waals surface area (Å²) in [6.45, 7) is 2.54. The molecular formula is C18H18N4O2S. The van der Waals surface area contributed by atoms with Gasteiger partial charge in [-0.05, 0) is 36.8 Å². The molecular weight excluding hydrogens is 336 g/mol. The maximum atomic E-state index is 11.9. The van der Waals surface area contributed by atoms with Crippen molar-refractivity contribution in [2.45, 2.75) is 12.1 Å². The first-order valence-corrected chi connectivity index (χ1v) is 8.85. The minimum absolute atomic E-state index is 0.192. The molecule has 0 bridgehead atoms. The third kappa shape index (κ3) is 4.84. The molecule has 0 radical (unpaired) electrons. The van der Waals surface area contributed by atoms with Crippen LogP contribution in [-0.4, -0.2) is 34.4 Å². The molecule has 128 valence electrons. The van der Waals surface area contributed by atoms with Crippen LogP contribution in [0.5, 0.6) is 5.75 Å². The quantitative estimate of drug-likeness (QED) is 0.388. The van der Waals surface area contributed by atoms with E-state index in [4.69, 9.17) is 4.74 Å². The highest BCUT2D eigenvalue weighted by Gasteiger charge is 2.06.